The van der Waals surface area contributed by atoms with Crippen molar-refractivity contribution >= 4 is 15.9 Å². The maximum absolute atomic E-state index is 4.17. The highest BCUT2D eigenvalue weighted by atomic mass is 79.9. The maximum Gasteiger partial charge on any atom is 0.0485 e. The number of halogens is 1. The lowest BCUT2D eigenvalue weighted by molar-refractivity contribution is 0.649. The first kappa shape index (κ1) is 12.3. The highest BCUT2D eigenvalue weighted by molar-refractivity contribution is 9.10. The predicted molar refractivity (Wildman–Crippen MR) is 72.9 cm³/mol. The highest BCUT2D eigenvalue weighted by Gasteiger charge is 2.04. The SMILES string of the molecule is CNC(C)c1ccn(Cc2cncc(Br)c2)c1. The monoisotopic (exact) mass is 293 g/mol. The Labute approximate surface area is 110 Å². The van der Waals surface area contributed by atoms with E-state index in [-0.39, 0.29) is 0 Å². The topological polar surface area (TPSA) is 29.9 Å². The van der Waals surface area contributed by atoms with Crippen molar-refractivity contribution in [3.05, 3.63) is 52.5 Å². The number of nitrogens with zero attached hydrogens (tertiary/aromatic N) is 2. The summed E-state index contributed by atoms with van der Waals surface area (Å²) in [6.07, 6.45) is 7.96. The van der Waals surface area contributed by atoms with Gasteiger partial charge in [0.05, 0.1) is 0 Å². The molecule has 90 valence electrons. The largest absolute Gasteiger partial charge is 0.350 e. The van der Waals surface area contributed by atoms with Gasteiger partial charge in [0.25, 0.3) is 0 Å². The summed E-state index contributed by atoms with van der Waals surface area (Å²) in [5.74, 6) is 0. The summed E-state index contributed by atoms with van der Waals surface area (Å²) in [4.78, 5) is 4.17. The van der Waals surface area contributed by atoms with E-state index in [4.69, 9.17) is 0 Å². The van der Waals surface area contributed by atoms with E-state index in [2.05, 4.69) is 62.2 Å². The standard InChI is InChI=1S/C13H16BrN3/c1-10(15-2)12-3-4-17(9-12)8-11-5-13(14)7-16-6-11/h3-7,9-10,15H,8H2,1-2H3. The van der Waals surface area contributed by atoms with Crippen molar-refractivity contribution in [3.63, 3.8) is 0 Å². The quantitative estimate of drug-likeness (QED) is 0.939. The third-order valence-electron chi connectivity index (χ3n) is 2.83. The van der Waals surface area contributed by atoms with Gasteiger partial charge < -0.3 is 9.88 Å². The molecule has 1 N–H and O–H groups in total. The van der Waals surface area contributed by atoms with Crippen LogP contribution in [0.2, 0.25) is 0 Å². The average molecular weight is 294 g/mol. The molecule has 0 aliphatic rings. The van der Waals surface area contributed by atoms with Crippen molar-refractivity contribution in [2.45, 2.75) is 19.5 Å². The Hall–Kier alpha value is -1.13. The lowest BCUT2D eigenvalue weighted by Gasteiger charge is -2.07. The summed E-state index contributed by atoms with van der Waals surface area (Å²) in [5.41, 5.74) is 2.49. The van der Waals surface area contributed by atoms with Crippen LogP contribution >= 0.6 is 15.9 Å². The number of hydrogen-bond acceptors (Lipinski definition) is 2. The molecule has 0 spiro atoms. The van der Waals surface area contributed by atoms with Crippen LogP contribution in [0, 0.1) is 0 Å². The molecule has 2 aromatic rings. The van der Waals surface area contributed by atoms with Crippen molar-refractivity contribution < 1.29 is 0 Å². The van der Waals surface area contributed by atoms with E-state index in [9.17, 15) is 0 Å². The minimum absolute atomic E-state index is 0.386. The highest BCUT2D eigenvalue weighted by Crippen LogP contribution is 2.14. The minimum Gasteiger partial charge on any atom is -0.350 e. The Morgan fingerprint density at radius 1 is 1.47 bits per heavy atom. The van der Waals surface area contributed by atoms with Gasteiger partial charge in [0.2, 0.25) is 0 Å². The van der Waals surface area contributed by atoms with Crippen LogP contribution in [0.1, 0.15) is 24.1 Å². The van der Waals surface area contributed by atoms with Gasteiger partial charge in [-0.1, -0.05) is 0 Å². The Kier molecular flexibility index (Phi) is 3.97. The number of aromatic nitrogens is 2. The molecule has 0 radical (unpaired) electrons. The Morgan fingerprint density at radius 3 is 3.00 bits per heavy atom. The fourth-order valence-corrected chi connectivity index (χ4v) is 2.15. The van der Waals surface area contributed by atoms with E-state index in [1.807, 2.05) is 13.2 Å². The van der Waals surface area contributed by atoms with E-state index >= 15 is 0 Å². The fourth-order valence-electron chi connectivity index (χ4n) is 1.73. The van der Waals surface area contributed by atoms with Gasteiger partial charge in [0, 0.05) is 41.8 Å². The molecule has 3 nitrogen and oxygen atoms in total. The summed E-state index contributed by atoms with van der Waals surface area (Å²) in [5, 5.41) is 3.23. The Balaban J connectivity index is 2.11. The van der Waals surface area contributed by atoms with Crippen molar-refractivity contribution in [3.8, 4) is 0 Å². The molecule has 0 bridgehead atoms. The van der Waals surface area contributed by atoms with E-state index in [1.165, 1.54) is 11.1 Å². The van der Waals surface area contributed by atoms with E-state index in [0.29, 0.717) is 6.04 Å². The molecule has 17 heavy (non-hydrogen) atoms. The van der Waals surface area contributed by atoms with Gasteiger partial charge in [-0.05, 0) is 53.2 Å². The van der Waals surface area contributed by atoms with Crippen LogP contribution in [0.3, 0.4) is 0 Å². The van der Waals surface area contributed by atoms with Crippen LogP contribution in [-0.4, -0.2) is 16.6 Å². The molecule has 0 fully saturated rings. The minimum atomic E-state index is 0.386. The zero-order valence-electron chi connectivity index (χ0n) is 10.0. The van der Waals surface area contributed by atoms with Gasteiger partial charge in [-0.3, -0.25) is 4.98 Å². The second kappa shape index (κ2) is 5.47. The van der Waals surface area contributed by atoms with E-state index in [0.717, 1.165) is 11.0 Å². The Bertz CT molecular complexity index is 493. The van der Waals surface area contributed by atoms with Gasteiger partial charge in [-0.25, -0.2) is 0 Å². The van der Waals surface area contributed by atoms with Crippen LogP contribution < -0.4 is 5.32 Å². The molecule has 4 heteroatoms. The van der Waals surface area contributed by atoms with Crippen molar-refractivity contribution in [1.29, 1.82) is 0 Å². The van der Waals surface area contributed by atoms with Gasteiger partial charge in [0.15, 0.2) is 0 Å². The van der Waals surface area contributed by atoms with Crippen molar-refractivity contribution in [1.82, 2.24) is 14.9 Å². The van der Waals surface area contributed by atoms with Crippen LogP contribution in [0.25, 0.3) is 0 Å². The summed E-state index contributed by atoms with van der Waals surface area (Å²) in [6.45, 7) is 3.00. The van der Waals surface area contributed by atoms with Crippen LogP contribution in [0.5, 0.6) is 0 Å². The Morgan fingerprint density at radius 2 is 2.29 bits per heavy atom. The van der Waals surface area contributed by atoms with E-state index < -0.39 is 0 Å². The van der Waals surface area contributed by atoms with Crippen LogP contribution in [0.15, 0.2) is 41.4 Å². The average Bonchev–Trinajstić information content (AvgIpc) is 2.76. The van der Waals surface area contributed by atoms with Crippen molar-refractivity contribution in [2.24, 2.45) is 0 Å². The van der Waals surface area contributed by atoms with Gasteiger partial charge in [-0.2, -0.15) is 0 Å². The molecular formula is C13H16BrN3. The molecule has 2 rings (SSSR count). The lowest BCUT2D eigenvalue weighted by Crippen LogP contribution is -2.11. The van der Waals surface area contributed by atoms with Crippen molar-refractivity contribution in [2.75, 3.05) is 7.05 Å². The molecule has 2 heterocycles. The number of nitrogens with one attached hydrogen (secondary N) is 1. The third kappa shape index (κ3) is 3.17. The second-order valence-corrected chi connectivity index (χ2v) is 5.05. The normalized spacial score (nSPS) is 12.6. The number of pyridine rings is 1. The molecule has 0 aliphatic heterocycles. The molecule has 0 amide bonds. The van der Waals surface area contributed by atoms with Gasteiger partial charge in [-0.15, -0.1) is 0 Å². The fraction of sp³-hybridized carbons (Fsp3) is 0.308. The van der Waals surface area contributed by atoms with Gasteiger partial charge in [0.1, 0.15) is 0 Å². The number of hydrogen-bond donors (Lipinski definition) is 1. The predicted octanol–water partition coefficient (Wildman–Crippen LogP) is 2.97. The maximum atomic E-state index is 4.17. The van der Waals surface area contributed by atoms with Crippen LogP contribution in [-0.2, 0) is 6.54 Å². The van der Waals surface area contributed by atoms with Gasteiger partial charge >= 0.3 is 0 Å². The first-order chi connectivity index (χ1) is 8.19. The smallest absolute Gasteiger partial charge is 0.0485 e. The molecule has 0 aromatic carbocycles. The van der Waals surface area contributed by atoms with Crippen LogP contribution in [0.4, 0.5) is 0 Å². The molecule has 1 unspecified atom stereocenters. The third-order valence-corrected chi connectivity index (χ3v) is 3.27. The zero-order valence-corrected chi connectivity index (χ0v) is 11.6. The summed E-state index contributed by atoms with van der Waals surface area (Å²) >= 11 is 3.43. The molecule has 0 aliphatic carbocycles. The summed E-state index contributed by atoms with van der Waals surface area (Å²) in [7, 11) is 1.97. The zero-order chi connectivity index (χ0) is 12.3. The summed E-state index contributed by atoms with van der Waals surface area (Å²) in [6, 6.07) is 4.62. The first-order valence-corrected chi connectivity index (χ1v) is 6.40. The first-order valence-electron chi connectivity index (χ1n) is 5.61. The molecule has 2 aromatic heterocycles. The van der Waals surface area contributed by atoms with E-state index in [1.54, 1.807) is 6.20 Å². The second-order valence-electron chi connectivity index (χ2n) is 4.14. The molecular weight excluding hydrogens is 278 g/mol. The lowest BCUT2D eigenvalue weighted by atomic mass is 10.2. The number of rotatable bonds is 4. The molecule has 0 saturated heterocycles. The molecule has 1 atom stereocenters. The molecule has 0 saturated carbocycles. The summed E-state index contributed by atoms with van der Waals surface area (Å²) < 4.78 is 3.19.